The van der Waals surface area contributed by atoms with E-state index in [1.54, 1.807) is 0 Å². The molecule has 4 aromatic heterocycles. The molecule has 0 amide bonds. The maximum absolute atomic E-state index is 10.3. The zero-order valence-electron chi connectivity index (χ0n) is 29.3. The van der Waals surface area contributed by atoms with Crippen molar-refractivity contribution in [3.05, 3.63) is 181 Å². The molecule has 7 aromatic carbocycles. The summed E-state index contributed by atoms with van der Waals surface area (Å²) in [6.45, 7) is 0. The van der Waals surface area contributed by atoms with Gasteiger partial charge in [-0.25, -0.2) is 0 Å². The van der Waals surface area contributed by atoms with Crippen LogP contribution >= 0.6 is 0 Å². The second-order valence-electron chi connectivity index (χ2n) is 13.9. The van der Waals surface area contributed by atoms with Gasteiger partial charge in [-0.15, -0.1) is 0 Å². The van der Waals surface area contributed by atoms with Gasteiger partial charge in [-0.05, 0) is 108 Å². The minimum absolute atomic E-state index is 0.565. The van der Waals surface area contributed by atoms with Gasteiger partial charge in [-0.2, -0.15) is 10.5 Å². The van der Waals surface area contributed by atoms with Gasteiger partial charge in [0, 0.05) is 50.2 Å². The standard InChI is InChI=1S/C49H28N6/c50-29-31-19-20-45-40(24-31)38-14-4-7-17-44(38)55(45)37-23-32(30-51)22-34(26-37)33-10-8-13-36(25-33)54-46-18-9-21-52-49(46)42-27-41-39-15-5-6-16-43(39)53(47(41)28-48(42)54)35-11-2-1-3-12-35/h1-28H. The highest BCUT2D eigenvalue weighted by atomic mass is 15.0. The summed E-state index contributed by atoms with van der Waals surface area (Å²) in [5.41, 5.74) is 13.4. The summed E-state index contributed by atoms with van der Waals surface area (Å²) in [5, 5.41) is 25.5. The van der Waals surface area contributed by atoms with Crippen LogP contribution in [0.3, 0.4) is 0 Å². The van der Waals surface area contributed by atoms with Crippen LogP contribution in [0.4, 0.5) is 0 Å². The summed E-state index contributed by atoms with van der Waals surface area (Å²) in [4.78, 5) is 4.93. The predicted octanol–water partition coefficient (Wildman–Crippen LogP) is 11.8. The van der Waals surface area contributed by atoms with E-state index >= 15 is 0 Å². The van der Waals surface area contributed by atoms with Crippen molar-refractivity contribution >= 4 is 65.5 Å². The minimum atomic E-state index is 0.565. The number of nitriles is 2. The number of aromatic nitrogens is 4. The topological polar surface area (TPSA) is 75.3 Å². The Morgan fingerprint density at radius 2 is 0.982 bits per heavy atom. The number of para-hydroxylation sites is 3. The zero-order valence-corrected chi connectivity index (χ0v) is 29.3. The van der Waals surface area contributed by atoms with E-state index < -0.39 is 0 Å². The minimum Gasteiger partial charge on any atom is -0.309 e. The van der Waals surface area contributed by atoms with E-state index in [9.17, 15) is 10.5 Å². The van der Waals surface area contributed by atoms with Crippen molar-refractivity contribution in [2.24, 2.45) is 0 Å². The van der Waals surface area contributed by atoms with Crippen LogP contribution < -0.4 is 0 Å². The highest BCUT2D eigenvalue weighted by molar-refractivity contribution is 6.18. The van der Waals surface area contributed by atoms with Crippen molar-refractivity contribution in [2.75, 3.05) is 0 Å². The van der Waals surface area contributed by atoms with Crippen molar-refractivity contribution in [2.45, 2.75) is 0 Å². The maximum atomic E-state index is 10.3. The Morgan fingerprint density at radius 3 is 1.76 bits per heavy atom. The Hall–Kier alpha value is -7.93. The van der Waals surface area contributed by atoms with E-state index in [-0.39, 0.29) is 0 Å². The first-order valence-electron chi connectivity index (χ1n) is 18.2. The average Bonchev–Trinajstić information content (AvgIpc) is 3.88. The molecule has 0 saturated heterocycles. The normalized spacial score (nSPS) is 11.6. The molecule has 0 atom stereocenters. The Morgan fingerprint density at radius 1 is 0.364 bits per heavy atom. The first-order valence-corrected chi connectivity index (χ1v) is 18.2. The van der Waals surface area contributed by atoms with Crippen molar-refractivity contribution in [3.63, 3.8) is 0 Å². The Balaban J connectivity index is 1.14. The van der Waals surface area contributed by atoms with Crippen LogP contribution in [0.15, 0.2) is 170 Å². The second kappa shape index (κ2) is 11.8. The lowest BCUT2D eigenvalue weighted by Crippen LogP contribution is -1.97. The first-order chi connectivity index (χ1) is 27.2. The number of rotatable bonds is 4. The van der Waals surface area contributed by atoms with Gasteiger partial charge in [0.05, 0.1) is 61.9 Å². The van der Waals surface area contributed by atoms with Gasteiger partial charge in [0.25, 0.3) is 0 Å². The fraction of sp³-hybridized carbons (Fsp3) is 0. The maximum Gasteiger partial charge on any atom is 0.0992 e. The molecule has 0 radical (unpaired) electrons. The zero-order chi connectivity index (χ0) is 36.6. The molecule has 0 spiro atoms. The van der Waals surface area contributed by atoms with Gasteiger partial charge in [0.15, 0.2) is 0 Å². The van der Waals surface area contributed by atoms with Gasteiger partial charge in [-0.1, -0.05) is 66.7 Å². The predicted molar refractivity (Wildman–Crippen MR) is 222 cm³/mol. The molecule has 0 saturated carbocycles. The van der Waals surface area contributed by atoms with Crippen molar-refractivity contribution in [1.82, 2.24) is 18.7 Å². The lowest BCUT2D eigenvalue weighted by Gasteiger charge is -2.13. The van der Waals surface area contributed by atoms with Crippen LogP contribution in [-0.2, 0) is 0 Å². The lowest BCUT2D eigenvalue weighted by atomic mass is 10.0. The fourth-order valence-electron chi connectivity index (χ4n) is 8.54. The highest BCUT2D eigenvalue weighted by Gasteiger charge is 2.20. The number of nitrogens with zero attached hydrogens (tertiary/aromatic N) is 6. The van der Waals surface area contributed by atoms with Crippen molar-refractivity contribution in [1.29, 1.82) is 10.5 Å². The monoisotopic (exact) mass is 700 g/mol. The van der Waals surface area contributed by atoms with Crippen LogP contribution in [-0.4, -0.2) is 18.7 Å². The summed E-state index contributed by atoms with van der Waals surface area (Å²) < 4.78 is 6.85. The molecular weight excluding hydrogens is 673 g/mol. The summed E-state index contributed by atoms with van der Waals surface area (Å²) in [7, 11) is 0. The molecule has 0 fully saturated rings. The Labute approximate surface area is 315 Å². The van der Waals surface area contributed by atoms with E-state index in [1.807, 2.05) is 54.7 Å². The average molecular weight is 701 g/mol. The molecule has 0 aliphatic carbocycles. The second-order valence-corrected chi connectivity index (χ2v) is 13.9. The quantitative estimate of drug-likeness (QED) is 0.183. The smallest absolute Gasteiger partial charge is 0.0992 e. The molecule has 0 bridgehead atoms. The summed E-state index contributed by atoms with van der Waals surface area (Å²) in [5.74, 6) is 0. The largest absolute Gasteiger partial charge is 0.309 e. The molecule has 11 rings (SSSR count). The molecular formula is C49H28N6. The first kappa shape index (κ1) is 30.7. The summed E-state index contributed by atoms with van der Waals surface area (Å²) >= 11 is 0. The van der Waals surface area contributed by atoms with Gasteiger partial charge in [0.1, 0.15) is 0 Å². The summed E-state index contributed by atoms with van der Waals surface area (Å²) in [6.07, 6.45) is 1.87. The SMILES string of the molecule is N#Cc1cc(-c2cccc(-n3c4cc5c(cc4c4ncccc43)c3ccccc3n5-c3ccccc3)c2)cc(-n2c3ccccc3c3cc(C#N)ccc32)c1. The van der Waals surface area contributed by atoms with E-state index in [0.29, 0.717) is 11.1 Å². The molecule has 55 heavy (non-hydrogen) atoms. The van der Waals surface area contributed by atoms with E-state index in [1.165, 1.54) is 10.8 Å². The van der Waals surface area contributed by atoms with Crippen LogP contribution in [0.25, 0.3) is 93.7 Å². The van der Waals surface area contributed by atoms with Crippen LogP contribution in [0.2, 0.25) is 0 Å². The van der Waals surface area contributed by atoms with Gasteiger partial charge in [0.2, 0.25) is 0 Å². The molecule has 4 heterocycles. The fourth-order valence-corrected chi connectivity index (χ4v) is 8.54. The number of hydrogen-bond donors (Lipinski definition) is 0. The third-order valence-corrected chi connectivity index (χ3v) is 10.9. The van der Waals surface area contributed by atoms with E-state index in [2.05, 4.69) is 141 Å². The number of hydrogen-bond acceptors (Lipinski definition) is 3. The Kier molecular flexibility index (Phi) is 6.58. The van der Waals surface area contributed by atoms with E-state index in [4.69, 9.17) is 4.98 Å². The van der Waals surface area contributed by atoms with Crippen molar-refractivity contribution in [3.8, 4) is 40.3 Å². The highest BCUT2D eigenvalue weighted by Crippen LogP contribution is 2.40. The van der Waals surface area contributed by atoms with Crippen molar-refractivity contribution < 1.29 is 0 Å². The molecule has 0 aliphatic heterocycles. The Bertz CT molecular complexity index is 3460. The third kappa shape index (κ3) is 4.56. The number of benzene rings is 7. The molecule has 254 valence electrons. The van der Waals surface area contributed by atoms with Crippen LogP contribution in [0, 0.1) is 22.7 Å². The molecule has 0 aliphatic rings. The van der Waals surface area contributed by atoms with Gasteiger partial charge < -0.3 is 13.7 Å². The number of pyridine rings is 1. The van der Waals surface area contributed by atoms with Gasteiger partial charge >= 0.3 is 0 Å². The van der Waals surface area contributed by atoms with E-state index in [0.717, 1.165) is 83.0 Å². The third-order valence-electron chi connectivity index (χ3n) is 10.9. The van der Waals surface area contributed by atoms with Crippen LogP contribution in [0.5, 0.6) is 0 Å². The molecule has 6 nitrogen and oxygen atoms in total. The summed E-state index contributed by atoms with van der Waals surface area (Å²) in [6, 6.07) is 61.1. The lowest BCUT2D eigenvalue weighted by molar-refractivity contribution is 1.16. The molecule has 11 aromatic rings. The van der Waals surface area contributed by atoms with Crippen LogP contribution in [0.1, 0.15) is 11.1 Å². The molecule has 0 N–H and O–H groups in total. The molecule has 0 unspecified atom stereocenters. The number of fused-ring (bicyclic) bond motifs is 9. The molecule has 6 heteroatoms. The van der Waals surface area contributed by atoms with Gasteiger partial charge in [-0.3, -0.25) is 4.98 Å².